The number of aromatic nitrogens is 3. The van der Waals surface area contributed by atoms with Crippen LogP contribution in [0.5, 0.6) is 0 Å². The molecule has 0 saturated carbocycles. The normalized spacial score (nSPS) is 15.2. The Hall–Kier alpha value is -3.03. The lowest BCUT2D eigenvalue weighted by atomic mass is 10.1. The minimum absolute atomic E-state index is 0.138. The van der Waals surface area contributed by atoms with Crippen LogP contribution in [0.4, 0.5) is 5.82 Å². The molecule has 30 heavy (non-hydrogen) atoms. The third kappa shape index (κ3) is 3.51. The Balaban J connectivity index is 1.51. The van der Waals surface area contributed by atoms with Crippen molar-refractivity contribution in [3.05, 3.63) is 58.4 Å². The average molecular weight is 403 g/mol. The summed E-state index contributed by atoms with van der Waals surface area (Å²) in [6, 6.07) is 13.7. The number of rotatable bonds is 5. The van der Waals surface area contributed by atoms with E-state index in [9.17, 15) is 4.79 Å². The molecule has 7 heteroatoms. The molecule has 1 aliphatic heterocycles. The smallest absolute Gasteiger partial charge is 0.282 e. The molecule has 0 unspecified atom stereocenters. The summed E-state index contributed by atoms with van der Waals surface area (Å²) in [6.45, 7) is 7.39. The second kappa shape index (κ2) is 8.01. The fourth-order valence-electron chi connectivity index (χ4n) is 4.06. The van der Waals surface area contributed by atoms with Crippen LogP contribution < -0.4 is 10.9 Å². The van der Waals surface area contributed by atoms with Crippen LogP contribution in [0.1, 0.15) is 12.0 Å². The Bertz CT molecular complexity index is 1280. The van der Waals surface area contributed by atoms with Crippen molar-refractivity contribution >= 4 is 33.1 Å². The van der Waals surface area contributed by atoms with Crippen LogP contribution in [0.15, 0.2) is 47.3 Å². The molecular formula is C23H25N5O2. The van der Waals surface area contributed by atoms with E-state index in [1.54, 1.807) is 0 Å². The fourth-order valence-corrected chi connectivity index (χ4v) is 4.06. The first kappa shape index (κ1) is 19.0. The van der Waals surface area contributed by atoms with Gasteiger partial charge in [-0.15, -0.1) is 5.10 Å². The number of fused-ring (bicyclic) bond motifs is 4. The SMILES string of the molecule is Cc1ccc2nc3c4ccccc4c(NCCCN4CCOCC4)nn3c(=O)c2c1. The summed E-state index contributed by atoms with van der Waals surface area (Å²) in [5, 5.41) is 10.6. The highest BCUT2D eigenvalue weighted by atomic mass is 16.5. The van der Waals surface area contributed by atoms with Gasteiger partial charge in [-0.1, -0.05) is 35.9 Å². The fraction of sp³-hybridized carbons (Fsp3) is 0.348. The van der Waals surface area contributed by atoms with Gasteiger partial charge in [0.05, 0.1) is 24.1 Å². The lowest BCUT2D eigenvalue weighted by molar-refractivity contribution is 0.0378. The van der Waals surface area contributed by atoms with Crippen molar-refractivity contribution in [2.75, 3.05) is 44.7 Å². The summed E-state index contributed by atoms with van der Waals surface area (Å²) in [4.78, 5) is 20.4. The first-order valence-electron chi connectivity index (χ1n) is 10.5. The predicted molar refractivity (Wildman–Crippen MR) is 119 cm³/mol. The summed E-state index contributed by atoms with van der Waals surface area (Å²) in [5.41, 5.74) is 2.18. The quantitative estimate of drug-likeness (QED) is 0.314. The van der Waals surface area contributed by atoms with Gasteiger partial charge in [0.15, 0.2) is 11.5 Å². The number of ether oxygens (including phenoxy) is 1. The van der Waals surface area contributed by atoms with Crippen LogP contribution in [0.3, 0.4) is 0 Å². The molecule has 1 aliphatic rings. The van der Waals surface area contributed by atoms with Crippen LogP contribution in [0.2, 0.25) is 0 Å². The maximum absolute atomic E-state index is 13.2. The summed E-state index contributed by atoms with van der Waals surface area (Å²) in [6.07, 6.45) is 0.998. The number of benzene rings is 2. The summed E-state index contributed by atoms with van der Waals surface area (Å²) < 4.78 is 6.85. The first-order chi connectivity index (χ1) is 14.7. The standard InChI is InChI=1S/C23H25N5O2/c1-16-7-8-20-19(15-16)23(29)28-22(25-20)18-6-3-2-5-17(18)21(26-28)24-9-4-10-27-11-13-30-14-12-27/h2-3,5-8,15H,4,9-14H2,1H3,(H,24,26). The highest BCUT2D eigenvalue weighted by Crippen LogP contribution is 2.24. The van der Waals surface area contributed by atoms with Gasteiger partial charge in [0.1, 0.15) is 0 Å². The summed E-state index contributed by atoms with van der Waals surface area (Å²) >= 11 is 0. The van der Waals surface area contributed by atoms with E-state index < -0.39 is 0 Å². The minimum atomic E-state index is -0.138. The van der Waals surface area contributed by atoms with E-state index in [4.69, 9.17) is 9.72 Å². The van der Waals surface area contributed by atoms with Crippen LogP contribution in [-0.4, -0.2) is 58.9 Å². The minimum Gasteiger partial charge on any atom is -0.379 e. The third-order valence-corrected chi connectivity index (χ3v) is 5.67. The Morgan fingerprint density at radius 1 is 1.07 bits per heavy atom. The van der Waals surface area contributed by atoms with Crippen molar-refractivity contribution in [2.45, 2.75) is 13.3 Å². The van der Waals surface area contributed by atoms with E-state index >= 15 is 0 Å². The lowest BCUT2D eigenvalue weighted by Crippen LogP contribution is -2.37. The largest absolute Gasteiger partial charge is 0.379 e. The van der Waals surface area contributed by atoms with Gasteiger partial charge >= 0.3 is 0 Å². The molecule has 2 aromatic heterocycles. The van der Waals surface area contributed by atoms with E-state index in [0.717, 1.165) is 68.0 Å². The predicted octanol–water partition coefficient (Wildman–Crippen LogP) is 2.84. The molecule has 5 rings (SSSR count). The Morgan fingerprint density at radius 2 is 1.87 bits per heavy atom. The van der Waals surface area contributed by atoms with Gasteiger partial charge in [0, 0.05) is 30.4 Å². The number of nitrogens with one attached hydrogen (secondary N) is 1. The number of nitrogens with zero attached hydrogens (tertiary/aromatic N) is 4. The second-order valence-electron chi connectivity index (χ2n) is 7.80. The molecule has 0 amide bonds. The molecule has 0 radical (unpaired) electrons. The van der Waals surface area contributed by atoms with Gasteiger partial charge in [0.2, 0.25) is 0 Å². The van der Waals surface area contributed by atoms with Crippen molar-refractivity contribution in [3.63, 3.8) is 0 Å². The molecule has 0 aliphatic carbocycles. The molecule has 1 N–H and O–H groups in total. The van der Waals surface area contributed by atoms with Gasteiger partial charge in [0.25, 0.3) is 5.56 Å². The highest BCUT2D eigenvalue weighted by molar-refractivity contribution is 6.01. The van der Waals surface area contributed by atoms with Crippen molar-refractivity contribution in [3.8, 4) is 0 Å². The van der Waals surface area contributed by atoms with Gasteiger partial charge < -0.3 is 10.1 Å². The molecule has 7 nitrogen and oxygen atoms in total. The average Bonchev–Trinajstić information content (AvgIpc) is 2.78. The van der Waals surface area contributed by atoms with Crippen LogP contribution in [0, 0.1) is 6.92 Å². The van der Waals surface area contributed by atoms with E-state index in [0.29, 0.717) is 16.6 Å². The first-order valence-corrected chi connectivity index (χ1v) is 10.5. The third-order valence-electron chi connectivity index (χ3n) is 5.67. The maximum Gasteiger partial charge on any atom is 0.282 e. The molecular weight excluding hydrogens is 378 g/mol. The summed E-state index contributed by atoms with van der Waals surface area (Å²) in [7, 11) is 0. The molecule has 2 aromatic carbocycles. The topological polar surface area (TPSA) is 71.8 Å². The van der Waals surface area contributed by atoms with Gasteiger partial charge in [-0.05, 0) is 32.0 Å². The maximum atomic E-state index is 13.2. The van der Waals surface area contributed by atoms with Gasteiger partial charge in [-0.3, -0.25) is 9.69 Å². The van der Waals surface area contributed by atoms with Crippen molar-refractivity contribution in [1.29, 1.82) is 0 Å². The number of hydrogen-bond acceptors (Lipinski definition) is 6. The Morgan fingerprint density at radius 3 is 2.70 bits per heavy atom. The van der Waals surface area contributed by atoms with Crippen molar-refractivity contribution in [2.24, 2.45) is 0 Å². The monoisotopic (exact) mass is 403 g/mol. The van der Waals surface area contributed by atoms with E-state index in [2.05, 4.69) is 15.3 Å². The van der Waals surface area contributed by atoms with Crippen LogP contribution in [0.25, 0.3) is 27.3 Å². The zero-order valence-corrected chi connectivity index (χ0v) is 17.1. The zero-order chi connectivity index (χ0) is 20.5. The van der Waals surface area contributed by atoms with E-state index in [1.165, 1.54) is 4.52 Å². The molecule has 1 fully saturated rings. The van der Waals surface area contributed by atoms with E-state index in [-0.39, 0.29) is 5.56 Å². The molecule has 1 saturated heterocycles. The number of anilines is 1. The molecule has 0 atom stereocenters. The molecule has 4 aromatic rings. The number of hydrogen-bond donors (Lipinski definition) is 1. The van der Waals surface area contributed by atoms with Gasteiger partial charge in [-0.2, -0.15) is 4.52 Å². The number of aryl methyl sites for hydroxylation is 1. The zero-order valence-electron chi connectivity index (χ0n) is 17.1. The molecule has 3 heterocycles. The van der Waals surface area contributed by atoms with Gasteiger partial charge in [-0.25, -0.2) is 4.98 Å². The highest BCUT2D eigenvalue weighted by Gasteiger charge is 2.14. The van der Waals surface area contributed by atoms with Crippen LogP contribution in [-0.2, 0) is 4.74 Å². The Labute approximate surface area is 174 Å². The molecule has 154 valence electrons. The molecule has 0 spiro atoms. The number of morpholine rings is 1. The summed E-state index contributed by atoms with van der Waals surface area (Å²) in [5.74, 6) is 0.719. The lowest BCUT2D eigenvalue weighted by Gasteiger charge is -2.26. The second-order valence-corrected chi connectivity index (χ2v) is 7.80. The van der Waals surface area contributed by atoms with E-state index in [1.807, 2.05) is 49.4 Å². The van der Waals surface area contributed by atoms with Crippen molar-refractivity contribution in [1.82, 2.24) is 19.5 Å². The van der Waals surface area contributed by atoms with Crippen LogP contribution >= 0.6 is 0 Å². The van der Waals surface area contributed by atoms with Crippen molar-refractivity contribution < 1.29 is 4.74 Å². The molecule has 0 bridgehead atoms. The Kier molecular flexibility index (Phi) is 5.06.